The number of carbonyl (C=O) groups excluding carboxylic acids is 2. The molecule has 1 saturated heterocycles. The van der Waals surface area contributed by atoms with E-state index in [4.69, 9.17) is 16.3 Å². The van der Waals surface area contributed by atoms with Crippen molar-refractivity contribution < 1.29 is 14.3 Å². The smallest absolute Gasteiger partial charge is 0.318 e. The minimum Gasteiger partial charge on any atom is -0.497 e. The molecule has 3 heterocycles. The zero-order valence-electron chi connectivity index (χ0n) is 27.0. The molecular formula is C36H43ClN6O3. The van der Waals surface area contributed by atoms with E-state index < -0.39 is 6.04 Å². The third-order valence-corrected chi connectivity index (χ3v) is 9.57. The number of carbonyl (C=O) groups is 2. The maximum absolute atomic E-state index is 14.8. The molecule has 1 aromatic heterocycles. The molecule has 6 rings (SSSR count). The number of nitrogens with one attached hydrogen (secondary N) is 2. The van der Waals surface area contributed by atoms with Crippen molar-refractivity contribution in [2.45, 2.75) is 25.3 Å². The molecule has 3 amide bonds. The lowest BCUT2D eigenvalue weighted by atomic mass is 9.88. The monoisotopic (exact) mass is 642 g/mol. The van der Waals surface area contributed by atoms with Crippen LogP contribution in [0.1, 0.15) is 24.0 Å². The largest absolute Gasteiger partial charge is 0.497 e. The van der Waals surface area contributed by atoms with E-state index in [1.807, 2.05) is 83.6 Å². The summed E-state index contributed by atoms with van der Waals surface area (Å²) in [6, 6.07) is 20.8. The van der Waals surface area contributed by atoms with Gasteiger partial charge in [-0.1, -0.05) is 36.7 Å². The number of amides is 3. The number of hydrogen-bond donors (Lipinski definition) is 2. The van der Waals surface area contributed by atoms with Gasteiger partial charge in [-0.15, -0.1) is 0 Å². The topological polar surface area (TPSA) is 84.2 Å². The summed E-state index contributed by atoms with van der Waals surface area (Å²) in [6.07, 6.45) is 2.81. The van der Waals surface area contributed by atoms with E-state index >= 15 is 0 Å². The Morgan fingerprint density at radius 3 is 2.50 bits per heavy atom. The Labute approximate surface area is 276 Å². The zero-order valence-corrected chi connectivity index (χ0v) is 27.8. The van der Waals surface area contributed by atoms with Crippen LogP contribution in [0.3, 0.4) is 0 Å². The van der Waals surface area contributed by atoms with Crippen LogP contribution in [0.4, 0.5) is 16.2 Å². The first kappa shape index (κ1) is 31.8. The summed E-state index contributed by atoms with van der Waals surface area (Å²) in [4.78, 5) is 40.2. The second kappa shape index (κ2) is 13.6. The van der Waals surface area contributed by atoms with Crippen LogP contribution in [0.5, 0.6) is 5.75 Å². The molecule has 0 aliphatic carbocycles. The molecule has 9 nitrogen and oxygen atoms in total. The standard InChI is InChI=1S/C36H43ClN6O3/c1-24(31-21-38-32-8-6-5-7-30(31)32)34(35(44)43-23-25(22-40(2)3)19-26-20-27(37)9-14-33(26)43)39-36(45)42-17-15-41(16-18-42)28-10-12-29(46-4)13-11-28/h5-14,20-21,24-25,34,38H,15-19,22-23H2,1-4H3,(H,39,45)/t24?,25-,34?/m1/s1. The Kier molecular flexibility index (Phi) is 9.42. The van der Waals surface area contributed by atoms with Crippen LogP contribution in [-0.4, -0.2) is 93.2 Å². The number of urea groups is 1. The van der Waals surface area contributed by atoms with E-state index in [0.717, 1.165) is 52.1 Å². The number of aromatic amines is 1. The molecule has 1 fully saturated rings. The Morgan fingerprint density at radius 2 is 1.78 bits per heavy atom. The van der Waals surface area contributed by atoms with Crippen LogP contribution in [0.25, 0.3) is 10.9 Å². The first-order valence-electron chi connectivity index (χ1n) is 16.0. The number of H-pyrrole nitrogens is 1. The number of para-hydroxylation sites is 1. The van der Waals surface area contributed by atoms with Crippen LogP contribution >= 0.6 is 11.6 Å². The van der Waals surface area contributed by atoms with Gasteiger partial charge in [-0.05, 0) is 86.1 Å². The molecule has 2 unspecified atom stereocenters. The fourth-order valence-corrected chi connectivity index (χ4v) is 7.16. The minimum atomic E-state index is -0.784. The lowest BCUT2D eigenvalue weighted by Gasteiger charge is -2.40. The summed E-state index contributed by atoms with van der Waals surface area (Å²) in [7, 11) is 5.76. The molecule has 3 atom stereocenters. The average molecular weight is 643 g/mol. The molecule has 4 aromatic rings. The quantitative estimate of drug-likeness (QED) is 0.261. The van der Waals surface area contributed by atoms with Gasteiger partial charge in [0.2, 0.25) is 5.91 Å². The molecule has 0 spiro atoms. The van der Waals surface area contributed by atoms with Gasteiger partial charge in [-0.2, -0.15) is 0 Å². The predicted molar refractivity (Wildman–Crippen MR) is 185 cm³/mol. The zero-order chi connectivity index (χ0) is 32.4. The highest BCUT2D eigenvalue weighted by atomic mass is 35.5. The lowest BCUT2D eigenvalue weighted by molar-refractivity contribution is -0.121. The van der Waals surface area contributed by atoms with Crippen molar-refractivity contribution in [3.63, 3.8) is 0 Å². The second-order valence-corrected chi connectivity index (χ2v) is 13.2. The molecule has 46 heavy (non-hydrogen) atoms. The van der Waals surface area contributed by atoms with Gasteiger partial charge < -0.3 is 34.6 Å². The molecule has 0 saturated carbocycles. The summed E-state index contributed by atoms with van der Waals surface area (Å²) in [5.41, 5.74) is 5.01. The van der Waals surface area contributed by atoms with Crippen LogP contribution in [0.15, 0.2) is 72.9 Å². The number of ether oxygens (including phenoxy) is 1. The van der Waals surface area contributed by atoms with Gasteiger partial charge in [0.1, 0.15) is 11.8 Å². The van der Waals surface area contributed by atoms with E-state index in [0.29, 0.717) is 37.7 Å². The van der Waals surface area contributed by atoms with Gasteiger partial charge in [-0.25, -0.2) is 4.79 Å². The number of halogens is 1. The predicted octanol–water partition coefficient (Wildman–Crippen LogP) is 5.60. The number of hydrogen-bond acceptors (Lipinski definition) is 5. The van der Waals surface area contributed by atoms with Gasteiger partial charge in [-0.3, -0.25) is 4.79 Å². The number of methoxy groups -OCH3 is 1. The van der Waals surface area contributed by atoms with Gasteiger partial charge in [0.05, 0.1) is 7.11 Å². The summed E-state index contributed by atoms with van der Waals surface area (Å²) in [5.74, 6) is 0.637. The number of benzene rings is 3. The number of anilines is 2. The van der Waals surface area contributed by atoms with Crippen molar-refractivity contribution in [1.82, 2.24) is 20.1 Å². The van der Waals surface area contributed by atoms with E-state index in [-0.39, 0.29) is 23.8 Å². The normalized spacial score (nSPS) is 18.0. The average Bonchev–Trinajstić information content (AvgIpc) is 3.50. The van der Waals surface area contributed by atoms with Gasteiger partial charge in [0.15, 0.2) is 0 Å². The summed E-state index contributed by atoms with van der Waals surface area (Å²) < 4.78 is 5.30. The second-order valence-electron chi connectivity index (χ2n) is 12.7. The first-order chi connectivity index (χ1) is 22.2. The highest BCUT2D eigenvalue weighted by molar-refractivity contribution is 6.30. The van der Waals surface area contributed by atoms with Crippen molar-refractivity contribution in [2.24, 2.45) is 5.92 Å². The fourth-order valence-electron chi connectivity index (χ4n) is 6.96. The number of fused-ring (bicyclic) bond motifs is 2. The van der Waals surface area contributed by atoms with E-state index in [1.165, 1.54) is 0 Å². The van der Waals surface area contributed by atoms with Crippen molar-refractivity contribution in [1.29, 1.82) is 0 Å². The summed E-state index contributed by atoms with van der Waals surface area (Å²) >= 11 is 6.42. The van der Waals surface area contributed by atoms with Crippen LogP contribution in [-0.2, 0) is 11.2 Å². The van der Waals surface area contributed by atoms with Gasteiger partial charge in [0, 0.05) is 78.7 Å². The molecule has 2 aliphatic rings. The van der Waals surface area contributed by atoms with E-state index in [1.54, 1.807) is 7.11 Å². The van der Waals surface area contributed by atoms with Crippen molar-refractivity contribution in [3.8, 4) is 5.75 Å². The van der Waals surface area contributed by atoms with Crippen molar-refractivity contribution >= 4 is 45.8 Å². The van der Waals surface area contributed by atoms with Crippen molar-refractivity contribution in [3.05, 3.63) is 89.1 Å². The Balaban J connectivity index is 1.26. The summed E-state index contributed by atoms with van der Waals surface area (Å²) in [5, 5.41) is 4.92. The lowest BCUT2D eigenvalue weighted by Crippen LogP contribution is -2.58. The maximum atomic E-state index is 14.8. The molecule has 0 bridgehead atoms. The Morgan fingerprint density at radius 1 is 1.04 bits per heavy atom. The Bertz CT molecular complexity index is 1680. The molecule has 10 heteroatoms. The number of rotatable bonds is 8. The minimum absolute atomic E-state index is 0.116. The molecule has 242 valence electrons. The van der Waals surface area contributed by atoms with E-state index in [9.17, 15) is 9.59 Å². The molecule has 0 radical (unpaired) electrons. The first-order valence-corrected chi connectivity index (χ1v) is 16.3. The molecule has 2 N–H and O–H groups in total. The van der Waals surface area contributed by atoms with Crippen molar-refractivity contribution in [2.75, 3.05) is 70.3 Å². The third kappa shape index (κ3) is 6.66. The van der Waals surface area contributed by atoms with Crippen LogP contribution < -0.4 is 19.9 Å². The van der Waals surface area contributed by atoms with Crippen LogP contribution in [0, 0.1) is 5.92 Å². The Hall–Kier alpha value is -4.21. The van der Waals surface area contributed by atoms with Gasteiger partial charge in [0.25, 0.3) is 0 Å². The highest BCUT2D eigenvalue weighted by Crippen LogP contribution is 2.35. The maximum Gasteiger partial charge on any atom is 0.318 e. The molecule has 2 aliphatic heterocycles. The molecule has 3 aromatic carbocycles. The summed E-state index contributed by atoms with van der Waals surface area (Å²) in [6.45, 7) is 5.94. The SMILES string of the molecule is COc1ccc(N2CCN(C(=O)NC(C(=O)N3C[C@@H](CN(C)C)Cc4cc(Cl)ccc43)C(C)c3c[nH]c4ccccc34)CC2)cc1. The fraction of sp³-hybridized carbons (Fsp3) is 0.389. The van der Waals surface area contributed by atoms with Gasteiger partial charge >= 0.3 is 6.03 Å². The number of aromatic nitrogens is 1. The highest BCUT2D eigenvalue weighted by Gasteiger charge is 2.38. The number of nitrogens with zero attached hydrogens (tertiary/aromatic N) is 4. The number of piperazine rings is 1. The van der Waals surface area contributed by atoms with Crippen LogP contribution in [0.2, 0.25) is 5.02 Å². The molecular weight excluding hydrogens is 600 g/mol. The third-order valence-electron chi connectivity index (χ3n) is 9.33. The van der Waals surface area contributed by atoms with E-state index in [2.05, 4.69) is 40.3 Å².